The van der Waals surface area contributed by atoms with Crippen LogP contribution in [0.1, 0.15) is 20.8 Å². The highest BCUT2D eigenvalue weighted by molar-refractivity contribution is 7.86. The Morgan fingerprint density at radius 2 is 1.76 bits per heavy atom. The van der Waals surface area contributed by atoms with E-state index in [1.807, 2.05) is 20.8 Å². The molecule has 1 aromatic rings. The van der Waals surface area contributed by atoms with Crippen molar-refractivity contribution < 1.29 is 12.6 Å². The SMILES string of the molecule is CC(C)(C)C#CCOS(=O)(=O)c1ccccc1. The third-order valence-corrected chi connectivity index (χ3v) is 3.06. The van der Waals surface area contributed by atoms with Gasteiger partial charge in [0, 0.05) is 5.41 Å². The zero-order valence-corrected chi connectivity index (χ0v) is 11.0. The number of benzene rings is 1. The van der Waals surface area contributed by atoms with Crippen LogP contribution in [0.3, 0.4) is 0 Å². The molecule has 0 aliphatic rings. The van der Waals surface area contributed by atoms with Crippen LogP contribution in [0.2, 0.25) is 0 Å². The minimum Gasteiger partial charge on any atom is -0.253 e. The molecule has 0 radical (unpaired) electrons. The van der Waals surface area contributed by atoms with Gasteiger partial charge in [-0.05, 0) is 32.9 Å². The lowest BCUT2D eigenvalue weighted by Gasteiger charge is -2.07. The van der Waals surface area contributed by atoms with Crippen molar-refractivity contribution in [1.82, 2.24) is 0 Å². The molecule has 0 aliphatic carbocycles. The molecule has 92 valence electrons. The van der Waals surface area contributed by atoms with Crippen LogP contribution < -0.4 is 0 Å². The average Bonchev–Trinajstić information content (AvgIpc) is 2.25. The molecule has 0 unspecified atom stereocenters. The van der Waals surface area contributed by atoms with Crippen LogP contribution in [0.15, 0.2) is 35.2 Å². The Kier molecular flexibility index (Phi) is 4.33. The Bertz CT molecular complexity index is 513. The minimum absolute atomic E-state index is 0.117. The van der Waals surface area contributed by atoms with E-state index >= 15 is 0 Å². The molecule has 0 N–H and O–H groups in total. The van der Waals surface area contributed by atoms with Gasteiger partial charge < -0.3 is 0 Å². The highest BCUT2D eigenvalue weighted by atomic mass is 32.2. The monoisotopic (exact) mass is 252 g/mol. The molecule has 0 amide bonds. The number of hydrogen-bond acceptors (Lipinski definition) is 3. The fourth-order valence-corrected chi connectivity index (χ4v) is 1.90. The molecular weight excluding hydrogens is 236 g/mol. The van der Waals surface area contributed by atoms with Crippen LogP contribution in [0.5, 0.6) is 0 Å². The third kappa shape index (κ3) is 5.03. The molecule has 0 bridgehead atoms. The van der Waals surface area contributed by atoms with E-state index in [1.54, 1.807) is 18.2 Å². The highest BCUT2D eigenvalue weighted by Crippen LogP contribution is 2.12. The lowest BCUT2D eigenvalue weighted by Crippen LogP contribution is -2.07. The quantitative estimate of drug-likeness (QED) is 0.613. The van der Waals surface area contributed by atoms with Gasteiger partial charge in [-0.15, -0.1) is 0 Å². The molecule has 3 nitrogen and oxygen atoms in total. The molecule has 0 saturated heterocycles. The fraction of sp³-hybridized carbons (Fsp3) is 0.385. The summed E-state index contributed by atoms with van der Waals surface area (Å²) in [4.78, 5) is 0.151. The molecule has 0 atom stereocenters. The summed E-state index contributed by atoms with van der Waals surface area (Å²) in [6.45, 7) is 5.73. The summed E-state index contributed by atoms with van der Waals surface area (Å²) >= 11 is 0. The molecule has 4 heteroatoms. The molecule has 0 fully saturated rings. The summed E-state index contributed by atoms with van der Waals surface area (Å²) in [7, 11) is -3.68. The Labute approximate surface area is 103 Å². The first-order chi connectivity index (χ1) is 7.81. The van der Waals surface area contributed by atoms with Gasteiger partial charge in [-0.25, -0.2) is 0 Å². The van der Waals surface area contributed by atoms with Crippen LogP contribution in [0.4, 0.5) is 0 Å². The molecule has 1 aromatic carbocycles. The Morgan fingerprint density at radius 1 is 1.18 bits per heavy atom. The van der Waals surface area contributed by atoms with E-state index in [9.17, 15) is 8.42 Å². The lowest BCUT2D eigenvalue weighted by molar-refractivity contribution is 0.362. The van der Waals surface area contributed by atoms with Crippen molar-refractivity contribution in [2.45, 2.75) is 25.7 Å². The standard InChI is InChI=1S/C13H16O3S/c1-13(2,3)10-7-11-16-17(14,15)12-8-5-4-6-9-12/h4-6,8-9H,11H2,1-3H3. The van der Waals surface area contributed by atoms with Crippen LogP contribution in [-0.2, 0) is 14.3 Å². The van der Waals surface area contributed by atoms with Gasteiger partial charge in [-0.1, -0.05) is 30.0 Å². The lowest BCUT2D eigenvalue weighted by atomic mass is 9.98. The van der Waals surface area contributed by atoms with Crippen LogP contribution in [-0.4, -0.2) is 15.0 Å². The molecule has 0 saturated carbocycles. The summed E-state index contributed by atoms with van der Waals surface area (Å²) < 4.78 is 28.1. The summed E-state index contributed by atoms with van der Waals surface area (Å²) in [5.74, 6) is 5.61. The molecule has 0 heterocycles. The van der Waals surface area contributed by atoms with Gasteiger partial charge >= 0.3 is 0 Å². The second-order valence-corrected chi connectivity index (χ2v) is 6.20. The smallest absolute Gasteiger partial charge is 0.253 e. The molecule has 0 spiro atoms. The maximum Gasteiger partial charge on any atom is 0.297 e. The zero-order valence-electron chi connectivity index (χ0n) is 10.2. The van der Waals surface area contributed by atoms with Crippen LogP contribution in [0, 0.1) is 17.3 Å². The predicted molar refractivity (Wildman–Crippen MR) is 66.8 cm³/mol. The Morgan fingerprint density at radius 3 is 2.29 bits per heavy atom. The van der Waals surface area contributed by atoms with Crippen molar-refractivity contribution in [3.8, 4) is 11.8 Å². The third-order valence-electron chi connectivity index (χ3n) is 1.78. The van der Waals surface area contributed by atoms with Gasteiger partial charge in [0.05, 0.1) is 4.90 Å². The van der Waals surface area contributed by atoms with E-state index in [0.29, 0.717) is 0 Å². The van der Waals surface area contributed by atoms with Gasteiger partial charge in [0.15, 0.2) is 0 Å². The van der Waals surface area contributed by atoms with E-state index < -0.39 is 10.1 Å². The van der Waals surface area contributed by atoms with E-state index in [1.165, 1.54) is 12.1 Å². The first-order valence-electron chi connectivity index (χ1n) is 5.26. The van der Waals surface area contributed by atoms with Gasteiger partial charge in [-0.3, -0.25) is 4.18 Å². The van der Waals surface area contributed by atoms with E-state index in [2.05, 4.69) is 11.8 Å². The fourth-order valence-electron chi connectivity index (χ4n) is 1.06. The first kappa shape index (κ1) is 13.8. The number of hydrogen-bond donors (Lipinski definition) is 0. The summed E-state index contributed by atoms with van der Waals surface area (Å²) in [5, 5.41) is 0. The maximum absolute atomic E-state index is 11.7. The van der Waals surface area contributed by atoms with Crippen molar-refractivity contribution >= 4 is 10.1 Å². The van der Waals surface area contributed by atoms with Gasteiger partial charge in [-0.2, -0.15) is 8.42 Å². The zero-order chi connectivity index (χ0) is 12.9. The molecular formula is C13H16O3S. The molecule has 1 rings (SSSR count). The van der Waals surface area contributed by atoms with Crippen molar-refractivity contribution in [3.63, 3.8) is 0 Å². The maximum atomic E-state index is 11.7. The summed E-state index contributed by atoms with van der Waals surface area (Å²) in [5.41, 5.74) is -0.153. The largest absolute Gasteiger partial charge is 0.297 e. The minimum atomic E-state index is -3.68. The van der Waals surface area contributed by atoms with Gasteiger partial charge in [0.2, 0.25) is 0 Å². The normalized spacial score (nSPS) is 11.7. The van der Waals surface area contributed by atoms with E-state index in [-0.39, 0.29) is 16.9 Å². The predicted octanol–water partition coefficient (Wildman–Crippen LogP) is 2.44. The Hall–Kier alpha value is -1.31. The van der Waals surface area contributed by atoms with Crippen molar-refractivity contribution in [2.75, 3.05) is 6.61 Å². The Balaban J connectivity index is 2.67. The molecule has 0 aromatic heterocycles. The molecule has 0 aliphatic heterocycles. The van der Waals surface area contributed by atoms with Crippen LogP contribution >= 0.6 is 0 Å². The topological polar surface area (TPSA) is 43.4 Å². The van der Waals surface area contributed by atoms with E-state index in [4.69, 9.17) is 4.18 Å². The first-order valence-corrected chi connectivity index (χ1v) is 6.67. The van der Waals surface area contributed by atoms with E-state index in [0.717, 1.165) is 0 Å². The number of rotatable bonds is 3. The van der Waals surface area contributed by atoms with Crippen LogP contribution in [0.25, 0.3) is 0 Å². The summed E-state index contributed by atoms with van der Waals surface area (Å²) in [6.07, 6.45) is 0. The average molecular weight is 252 g/mol. The van der Waals surface area contributed by atoms with Gasteiger partial charge in [0.1, 0.15) is 6.61 Å². The highest BCUT2D eigenvalue weighted by Gasteiger charge is 2.13. The second-order valence-electron chi connectivity index (χ2n) is 4.58. The van der Waals surface area contributed by atoms with Crippen molar-refractivity contribution in [2.24, 2.45) is 5.41 Å². The second kappa shape index (κ2) is 5.35. The summed E-state index contributed by atoms with van der Waals surface area (Å²) in [6, 6.07) is 8.03. The molecule has 17 heavy (non-hydrogen) atoms. The van der Waals surface area contributed by atoms with Crippen molar-refractivity contribution in [3.05, 3.63) is 30.3 Å². The van der Waals surface area contributed by atoms with Crippen molar-refractivity contribution in [1.29, 1.82) is 0 Å². The van der Waals surface area contributed by atoms with Gasteiger partial charge in [0.25, 0.3) is 10.1 Å².